The lowest BCUT2D eigenvalue weighted by Gasteiger charge is -2.35. The van der Waals surface area contributed by atoms with E-state index in [-0.39, 0.29) is 37.0 Å². The molecule has 45 heavy (non-hydrogen) atoms. The average Bonchev–Trinajstić information content (AvgIpc) is 3.56. The monoisotopic (exact) mass is 629 g/mol. The van der Waals surface area contributed by atoms with Crippen molar-refractivity contribution in [2.45, 2.75) is 39.2 Å². The number of ether oxygens (including phenoxy) is 3. The van der Waals surface area contributed by atoms with Gasteiger partial charge in [-0.05, 0) is 37.4 Å². The molecule has 0 spiro atoms. The second-order valence-corrected chi connectivity index (χ2v) is 11.4. The fourth-order valence-corrected chi connectivity index (χ4v) is 6.11. The Kier molecular flexibility index (Phi) is 10.2. The smallest absolute Gasteiger partial charge is 0.279 e. The predicted molar refractivity (Wildman–Crippen MR) is 164 cm³/mol. The number of aromatic amines is 1. The van der Waals surface area contributed by atoms with Crippen LogP contribution in [-0.4, -0.2) is 104 Å². The van der Waals surface area contributed by atoms with Crippen LogP contribution < -0.4 is 24.4 Å². The zero-order valence-corrected chi connectivity index (χ0v) is 26.2. The van der Waals surface area contributed by atoms with Crippen molar-refractivity contribution < 1.29 is 32.6 Å². The van der Waals surface area contributed by atoms with Gasteiger partial charge in [0.05, 0.1) is 26.8 Å². The summed E-state index contributed by atoms with van der Waals surface area (Å²) in [5, 5.41) is 9.89. The number of carbonyl (C=O) groups is 2. The minimum atomic E-state index is -2.78. The number of nitrogens with one attached hydrogen (secondary N) is 2. The van der Waals surface area contributed by atoms with Crippen LogP contribution in [0, 0.1) is 5.92 Å². The number of anilines is 1. The van der Waals surface area contributed by atoms with Crippen molar-refractivity contribution >= 4 is 28.5 Å². The minimum Gasteiger partial charge on any atom is -0.493 e. The lowest BCUT2D eigenvalue weighted by molar-refractivity contribution is -0.121. The third kappa shape index (κ3) is 7.05. The van der Waals surface area contributed by atoms with Crippen LogP contribution in [0.25, 0.3) is 10.9 Å². The first kappa shape index (κ1) is 32.2. The molecule has 4 heterocycles. The number of likely N-dealkylation sites (N-methyl/N-ethyl adjacent to an activating group) is 1. The molecule has 2 aromatic heterocycles. The van der Waals surface area contributed by atoms with Gasteiger partial charge in [-0.1, -0.05) is 6.92 Å². The minimum absolute atomic E-state index is 0.0943. The summed E-state index contributed by atoms with van der Waals surface area (Å²) in [5.74, 6) is 1.92. The van der Waals surface area contributed by atoms with Crippen LogP contribution in [0.4, 0.5) is 14.6 Å². The Morgan fingerprint density at radius 2 is 1.87 bits per heavy atom. The van der Waals surface area contributed by atoms with Gasteiger partial charge in [0.25, 0.3) is 12.3 Å². The van der Waals surface area contributed by atoms with Crippen molar-refractivity contribution in [3.05, 3.63) is 35.2 Å². The number of nitrogens with zero attached hydrogens (tertiary/aromatic N) is 5. The number of fused-ring (bicyclic) bond motifs is 5. The van der Waals surface area contributed by atoms with Gasteiger partial charge in [0.15, 0.2) is 17.2 Å². The Morgan fingerprint density at radius 1 is 1.07 bits per heavy atom. The summed E-state index contributed by atoms with van der Waals surface area (Å²) in [5.41, 5.74) is 1.16. The number of methoxy groups -OCH3 is 3. The zero-order valence-electron chi connectivity index (χ0n) is 26.2. The van der Waals surface area contributed by atoms with Crippen LogP contribution in [0.3, 0.4) is 0 Å². The highest BCUT2D eigenvalue weighted by Crippen LogP contribution is 2.44. The molecule has 5 rings (SSSR count). The standard InChI is InChI=1S/C31H41F2N7O5/c1-5-38-11-12-39(31(42)24-14-23(29(32)33)36-37-24)10-8-26(41)34-16-19-7-6-9-40(17-19)30-20(18-38)13-21-22(35-30)15-25(43-2)28(45-4)27(21)44-3/h13-15,19,29H,5-12,16-18H2,1-4H3,(H,34,41)(H,36,37). The Hall–Kier alpha value is -4.20. The number of rotatable bonds is 6. The van der Waals surface area contributed by atoms with Gasteiger partial charge in [-0.3, -0.25) is 19.6 Å². The van der Waals surface area contributed by atoms with E-state index < -0.39 is 18.0 Å². The second kappa shape index (κ2) is 14.3. The first-order valence-corrected chi connectivity index (χ1v) is 15.3. The third-order valence-electron chi connectivity index (χ3n) is 8.56. The Morgan fingerprint density at radius 3 is 2.56 bits per heavy atom. The second-order valence-electron chi connectivity index (χ2n) is 11.4. The van der Waals surface area contributed by atoms with Gasteiger partial charge < -0.3 is 29.3 Å². The average molecular weight is 630 g/mol. The van der Waals surface area contributed by atoms with Gasteiger partial charge in [-0.25, -0.2) is 13.8 Å². The highest BCUT2D eigenvalue weighted by atomic mass is 19.3. The number of carbonyl (C=O) groups excluding carboxylic acids is 2. The Balaban J connectivity index is 1.53. The van der Waals surface area contributed by atoms with E-state index in [4.69, 9.17) is 19.2 Å². The molecule has 0 radical (unpaired) electrons. The fraction of sp³-hybridized carbons (Fsp3) is 0.548. The van der Waals surface area contributed by atoms with E-state index in [1.54, 1.807) is 21.3 Å². The van der Waals surface area contributed by atoms with Gasteiger partial charge in [0.2, 0.25) is 11.7 Å². The van der Waals surface area contributed by atoms with E-state index in [0.717, 1.165) is 48.8 Å². The molecule has 2 aliphatic heterocycles. The van der Waals surface area contributed by atoms with Crippen LogP contribution in [0.15, 0.2) is 18.2 Å². The van der Waals surface area contributed by atoms with Crippen molar-refractivity contribution in [3.8, 4) is 17.2 Å². The molecule has 2 bridgehead atoms. The number of H-pyrrole nitrogens is 1. The number of amides is 2. The molecule has 1 fully saturated rings. The van der Waals surface area contributed by atoms with E-state index >= 15 is 0 Å². The number of aromatic nitrogens is 3. The van der Waals surface area contributed by atoms with Gasteiger partial charge in [-0.2, -0.15) is 5.10 Å². The molecule has 2 amide bonds. The lowest BCUT2D eigenvalue weighted by atomic mass is 9.97. The predicted octanol–water partition coefficient (Wildman–Crippen LogP) is 3.62. The molecule has 2 aliphatic rings. The molecule has 244 valence electrons. The van der Waals surface area contributed by atoms with Crippen LogP contribution in [-0.2, 0) is 11.3 Å². The fourth-order valence-electron chi connectivity index (χ4n) is 6.11. The summed E-state index contributed by atoms with van der Waals surface area (Å²) in [6.07, 6.45) is -0.755. The lowest BCUT2D eigenvalue weighted by Crippen LogP contribution is -2.42. The molecule has 0 aliphatic carbocycles. The molecule has 1 unspecified atom stereocenters. The van der Waals surface area contributed by atoms with Gasteiger partial charge in [0.1, 0.15) is 11.5 Å². The molecule has 12 nitrogen and oxygen atoms in total. The number of halogens is 2. The largest absolute Gasteiger partial charge is 0.493 e. The number of pyridine rings is 1. The van der Waals surface area contributed by atoms with Crippen molar-refractivity contribution in [3.63, 3.8) is 0 Å². The maximum atomic E-state index is 13.4. The number of benzene rings is 1. The molecule has 14 heteroatoms. The van der Waals surface area contributed by atoms with Crippen LogP contribution >= 0.6 is 0 Å². The van der Waals surface area contributed by atoms with E-state index in [9.17, 15) is 18.4 Å². The SMILES string of the molecule is CCN1CCN(C(=O)c2cc(C(F)F)[nH]n2)CCC(=O)NCC2CCCN(C2)c2nc3cc(OC)c(OC)c(OC)c3cc2C1. The molecule has 2 N–H and O–H groups in total. The topological polar surface area (TPSA) is 125 Å². The number of alkyl halides is 2. The summed E-state index contributed by atoms with van der Waals surface area (Å²) in [6.45, 7) is 6.19. The zero-order chi connectivity index (χ0) is 32.1. The summed E-state index contributed by atoms with van der Waals surface area (Å²) >= 11 is 0. The van der Waals surface area contributed by atoms with E-state index in [0.29, 0.717) is 48.9 Å². The van der Waals surface area contributed by atoms with Crippen LogP contribution in [0.2, 0.25) is 0 Å². The summed E-state index contributed by atoms with van der Waals surface area (Å²) < 4.78 is 43.4. The molecule has 0 saturated carbocycles. The van der Waals surface area contributed by atoms with Crippen LogP contribution in [0.5, 0.6) is 17.2 Å². The maximum absolute atomic E-state index is 13.4. The Labute approximate surface area is 261 Å². The highest BCUT2D eigenvalue weighted by molar-refractivity contribution is 5.93. The Bertz CT molecular complexity index is 1520. The van der Waals surface area contributed by atoms with Gasteiger partial charge in [0, 0.05) is 69.3 Å². The van der Waals surface area contributed by atoms with Gasteiger partial charge in [-0.15, -0.1) is 0 Å². The molecular formula is C31H41F2N7O5. The molecule has 1 atom stereocenters. The summed E-state index contributed by atoms with van der Waals surface area (Å²) in [6, 6.07) is 5.01. The summed E-state index contributed by atoms with van der Waals surface area (Å²) in [7, 11) is 4.73. The van der Waals surface area contributed by atoms with Crippen molar-refractivity contribution in [1.29, 1.82) is 0 Å². The molecular weight excluding hydrogens is 588 g/mol. The number of hydrogen-bond acceptors (Lipinski definition) is 9. The maximum Gasteiger partial charge on any atom is 0.279 e. The molecule has 1 saturated heterocycles. The van der Waals surface area contributed by atoms with Crippen LogP contribution in [0.1, 0.15) is 54.4 Å². The first-order valence-electron chi connectivity index (χ1n) is 15.3. The normalized spacial score (nSPS) is 18.6. The third-order valence-corrected chi connectivity index (χ3v) is 8.56. The van der Waals surface area contributed by atoms with E-state index in [2.05, 4.69) is 31.4 Å². The summed E-state index contributed by atoms with van der Waals surface area (Å²) in [4.78, 5) is 37.4. The number of piperidine rings is 1. The van der Waals surface area contributed by atoms with Crippen molar-refractivity contribution in [2.24, 2.45) is 5.92 Å². The molecule has 1 aromatic carbocycles. The number of hydrogen-bond donors (Lipinski definition) is 2. The van der Waals surface area contributed by atoms with Crippen molar-refractivity contribution in [2.75, 3.05) is 72.0 Å². The van der Waals surface area contributed by atoms with E-state index in [1.165, 1.54) is 4.90 Å². The van der Waals surface area contributed by atoms with Gasteiger partial charge >= 0.3 is 0 Å². The first-order chi connectivity index (χ1) is 21.8. The molecule has 3 aromatic rings. The van der Waals surface area contributed by atoms with Crippen molar-refractivity contribution in [1.82, 2.24) is 30.3 Å². The van der Waals surface area contributed by atoms with E-state index in [1.807, 2.05) is 13.0 Å². The highest BCUT2D eigenvalue weighted by Gasteiger charge is 2.28. The quantitative estimate of drug-likeness (QED) is 0.421.